The van der Waals surface area contributed by atoms with Crippen LogP contribution in [-0.4, -0.2) is 46.1 Å². The van der Waals surface area contributed by atoms with Crippen LogP contribution in [0.5, 0.6) is 0 Å². The van der Waals surface area contributed by atoms with Crippen LogP contribution in [0.3, 0.4) is 0 Å². The number of nitro benzene ring substituents is 1. The first-order valence-electron chi connectivity index (χ1n) is 6.85. The van der Waals surface area contributed by atoms with Crippen molar-refractivity contribution in [3.8, 4) is 0 Å². The number of carbonyl (C=O) groups is 1. The monoisotopic (exact) mass is 293 g/mol. The van der Waals surface area contributed by atoms with Crippen LogP contribution in [0.4, 0.5) is 11.4 Å². The fourth-order valence-electron chi connectivity index (χ4n) is 2.59. The molecule has 1 aliphatic rings. The predicted octanol–water partition coefficient (Wildman–Crippen LogP) is 1.38. The maximum absolute atomic E-state index is 12.0. The molecule has 0 bridgehead atoms. The van der Waals surface area contributed by atoms with Gasteiger partial charge >= 0.3 is 0 Å². The molecule has 1 heterocycles. The summed E-state index contributed by atoms with van der Waals surface area (Å²) in [7, 11) is 0. The number of carbonyl (C=O) groups excluding carboxylic acids is 1. The fraction of sp³-hybridized carbons (Fsp3) is 0.500. The lowest BCUT2D eigenvalue weighted by molar-refractivity contribution is -0.383. The number of piperidine rings is 1. The third kappa shape index (κ3) is 4.24. The second-order valence-corrected chi connectivity index (χ2v) is 5.63. The molecule has 21 heavy (non-hydrogen) atoms. The Hall–Kier alpha value is -1.99. The van der Waals surface area contributed by atoms with Crippen LogP contribution >= 0.6 is 0 Å². The molecule has 7 nitrogen and oxygen atoms in total. The highest BCUT2D eigenvalue weighted by Crippen LogP contribution is 2.24. The molecule has 1 saturated heterocycles. The maximum Gasteiger partial charge on any atom is 0.292 e. The smallest absolute Gasteiger partial charge is 0.292 e. The zero-order chi connectivity index (χ0) is 15.5. The van der Waals surface area contributed by atoms with Crippen LogP contribution in [-0.2, 0) is 4.79 Å². The van der Waals surface area contributed by atoms with Crippen LogP contribution in [0.1, 0.15) is 19.8 Å². The molecule has 1 unspecified atom stereocenters. The number of benzene rings is 1. The Bertz CT molecular complexity index is 545. The number of amides is 1. The number of nitro groups is 1. The number of nitrogens with zero attached hydrogens (tertiary/aromatic N) is 2. The van der Waals surface area contributed by atoms with Crippen molar-refractivity contribution in [1.29, 1.82) is 0 Å². The quantitative estimate of drug-likeness (QED) is 0.646. The second-order valence-electron chi connectivity index (χ2n) is 5.63. The molecule has 1 aromatic carbocycles. The summed E-state index contributed by atoms with van der Waals surface area (Å²) in [6.07, 6.45) is 1.54. The Kier molecular flexibility index (Phi) is 4.54. The van der Waals surface area contributed by atoms with E-state index in [0.717, 1.165) is 19.4 Å². The Labute approximate surface area is 122 Å². The lowest BCUT2D eigenvalue weighted by Crippen LogP contribution is -2.48. The van der Waals surface area contributed by atoms with Crippen LogP contribution in [0.2, 0.25) is 0 Å². The van der Waals surface area contributed by atoms with Gasteiger partial charge < -0.3 is 10.4 Å². The summed E-state index contributed by atoms with van der Waals surface area (Å²) < 4.78 is 0. The molecule has 2 rings (SSSR count). The second kappa shape index (κ2) is 6.19. The van der Waals surface area contributed by atoms with Gasteiger partial charge in [0.05, 0.1) is 17.1 Å². The third-order valence-corrected chi connectivity index (χ3v) is 3.50. The van der Waals surface area contributed by atoms with Crippen molar-refractivity contribution in [3.63, 3.8) is 0 Å². The number of para-hydroxylation sites is 2. The lowest BCUT2D eigenvalue weighted by atomic mass is 9.95. The van der Waals surface area contributed by atoms with Crippen molar-refractivity contribution in [2.24, 2.45) is 0 Å². The Balaban J connectivity index is 1.98. The van der Waals surface area contributed by atoms with E-state index in [1.54, 1.807) is 19.1 Å². The molecule has 1 fully saturated rings. The van der Waals surface area contributed by atoms with E-state index in [2.05, 4.69) is 5.32 Å². The van der Waals surface area contributed by atoms with Gasteiger partial charge in [-0.2, -0.15) is 0 Å². The molecule has 0 saturated carbocycles. The number of anilines is 1. The van der Waals surface area contributed by atoms with E-state index in [1.807, 2.05) is 4.90 Å². The largest absolute Gasteiger partial charge is 0.389 e. The van der Waals surface area contributed by atoms with E-state index in [0.29, 0.717) is 6.54 Å². The molecule has 0 aromatic heterocycles. The molecule has 114 valence electrons. The van der Waals surface area contributed by atoms with Gasteiger partial charge in [-0.3, -0.25) is 19.8 Å². The van der Waals surface area contributed by atoms with Gasteiger partial charge in [-0.1, -0.05) is 12.1 Å². The van der Waals surface area contributed by atoms with Gasteiger partial charge in [-0.25, -0.2) is 0 Å². The van der Waals surface area contributed by atoms with Gasteiger partial charge in [-0.05, 0) is 32.4 Å². The molecule has 1 aromatic rings. The summed E-state index contributed by atoms with van der Waals surface area (Å²) in [6.45, 7) is 3.03. The van der Waals surface area contributed by atoms with E-state index >= 15 is 0 Å². The van der Waals surface area contributed by atoms with Gasteiger partial charge in [0, 0.05) is 12.6 Å². The molecular formula is C14H19N3O4. The highest BCUT2D eigenvalue weighted by Gasteiger charge is 2.29. The zero-order valence-corrected chi connectivity index (χ0v) is 11.9. The lowest BCUT2D eigenvalue weighted by Gasteiger charge is -2.36. The number of likely N-dealkylation sites (tertiary alicyclic amines) is 1. The van der Waals surface area contributed by atoms with E-state index in [9.17, 15) is 20.0 Å². The van der Waals surface area contributed by atoms with Crippen molar-refractivity contribution in [2.45, 2.75) is 25.4 Å². The summed E-state index contributed by atoms with van der Waals surface area (Å²) >= 11 is 0. The van der Waals surface area contributed by atoms with Gasteiger partial charge in [0.1, 0.15) is 5.69 Å². The number of hydrogen-bond donors (Lipinski definition) is 2. The third-order valence-electron chi connectivity index (χ3n) is 3.50. The Morgan fingerprint density at radius 2 is 2.24 bits per heavy atom. The SMILES string of the molecule is CC1(O)CCCN(CC(=O)Nc2ccccc2[N+](=O)[O-])C1. The highest BCUT2D eigenvalue weighted by atomic mass is 16.6. The van der Waals surface area contributed by atoms with E-state index < -0.39 is 10.5 Å². The first-order chi connectivity index (χ1) is 9.87. The highest BCUT2D eigenvalue weighted by molar-refractivity contribution is 5.94. The standard InChI is InChI=1S/C14H19N3O4/c1-14(19)7-4-8-16(10-14)9-13(18)15-11-5-2-3-6-12(11)17(20)21/h2-3,5-6,19H,4,7-10H2,1H3,(H,15,18). The first-order valence-corrected chi connectivity index (χ1v) is 6.85. The molecular weight excluding hydrogens is 274 g/mol. The minimum Gasteiger partial charge on any atom is -0.389 e. The van der Waals surface area contributed by atoms with Crippen LogP contribution in [0.25, 0.3) is 0 Å². The van der Waals surface area contributed by atoms with E-state index in [-0.39, 0.29) is 23.8 Å². The summed E-state index contributed by atoms with van der Waals surface area (Å²) in [5.74, 6) is -0.318. The molecule has 1 aliphatic heterocycles. The minimum absolute atomic E-state index is 0.113. The number of nitrogens with one attached hydrogen (secondary N) is 1. The van der Waals surface area contributed by atoms with Gasteiger partial charge in [0.2, 0.25) is 5.91 Å². The molecule has 1 atom stereocenters. The average molecular weight is 293 g/mol. The van der Waals surface area contributed by atoms with Crippen molar-refractivity contribution in [1.82, 2.24) is 4.90 Å². The minimum atomic E-state index is -0.780. The number of hydrogen-bond acceptors (Lipinski definition) is 5. The average Bonchev–Trinajstić information content (AvgIpc) is 2.37. The summed E-state index contributed by atoms with van der Waals surface area (Å²) in [5, 5.41) is 23.5. The summed E-state index contributed by atoms with van der Waals surface area (Å²) in [5.41, 5.74) is -0.718. The topological polar surface area (TPSA) is 95.7 Å². The van der Waals surface area contributed by atoms with Gasteiger partial charge in [-0.15, -0.1) is 0 Å². The van der Waals surface area contributed by atoms with Crippen molar-refractivity contribution in [2.75, 3.05) is 25.0 Å². The van der Waals surface area contributed by atoms with E-state index in [4.69, 9.17) is 0 Å². The molecule has 0 radical (unpaired) electrons. The maximum atomic E-state index is 12.0. The first kappa shape index (κ1) is 15.4. The molecule has 0 aliphatic carbocycles. The predicted molar refractivity (Wildman–Crippen MR) is 78.0 cm³/mol. The Morgan fingerprint density at radius 1 is 1.52 bits per heavy atom. The van der Waals surface area contributed by atoms with Gasteiger partial charge in [0.25, 0.3) is 5.69 Å². The molecule has 1 amide bonds. The molecule has 0 spiro atoms. The Morgan fingerprint density at radius 3 is 2.90 bits per heavy atom. The van der Waals surface area contributed by atoms with E-state index in [1.165, 1.54) is 12.1 Å². The van der Waals surface area contributed by atoms with Crippen LogP contribution in [0.15, 0.2) is 24.3 Å². The van der Waals surface area contributed by atoms with Crippen LogP contribution in [0, 0.1) is 10.1 Å². The normalized spacial score (nSPS) is 22.8. The van der Waals surface area contributed by atoms with Crippen LogP contribution < -0.4 is 5.32 Å². The van der Waals surface area contributed by atoms with Crippen molar-refractivity contribution in [3.05, 3.63) is 34.4 Å². The zero-order valence-electron chi connectivity index (χ0n) is 11.9. The molecule has 7 heteroatoms. The molecule has 2 N–H and O–H groups in total. The number of rotatable bonds is 4. The fourth-order valence-corrected chi connectivity index (χ4v) is 2.59. The number of β-amino-alcohol motifs (C(OH)–C–C–N with tert-alkyl or cyclic N) is 1. The van der Waals surface area contributed by atoms with Crippen molar-refractivity contribution >= 4 is 17.3 Å². The number of aliphatic hydroxyl groups is 1. The summed E-state index contributed by atoms with van der Waals surface area (Å²) in [4.78, 5) is 24.2. The van der Waals surface area contributed by atoms with Gasteiger partial charge in [0.15, 0.2) is 0 Å². The van der Waals surface area contributed by atoms with Crippen molar-refractivity contribution < 1.29 is 14.8 Å². The summed E-state index contributed by atoms with van der Waals surface area (Å²) in [6, 6.07) is 6.04.